The number of carboxylic acids is 2. The molecule has 7 heterocycles. The number of hydrogen-bond donors (Lipinski definition) is 24. The van der Waals surface area contributed by atoms with Gasteiger partial charge in [0.25, 0.3) is 0 Å². The molecular weight excluding hydrogens is 1770 g/mol. The third kappa shape index (κ3) is 26.8. The molecule has 3 aromatic heterocycles. The van der Waals surface area contributed by atoms with Gasteiger partial charge in [0.15, 0.2) is 0 Å². The van der Waals surface area contributed by atoms with Crippen LogP contribution >= 0.6 is 25.3 Å². The van der Waals surface area contributed by atoms with Gasteiger partial charge in [-0.15, -0.1) is 0 Å². The van der Waals surface area contributed by atoms with Crippen LogP contribution in [0.2, 0.25) is 0 Å². The summed E-state index contributed by atoms with van der Waals surface area (Å²) in [6.07, 6.45) is 2.95. The van der Waals surface area contributed by atoms with Crippen LogP contribution in [0.5, 0.6) is 0 Å². The van der Waals surface area contributed by atoms with E-state index in [2.05, 4.69) is 115 Å². The first-order chi connectivity index (χ1) is 63.5. The van der Waals surface area contributed by atoms with E-state index in [9.17, 15) is 112 Å². The second kappa shape index (κ2) is 47.7. The molecule has 6 aromatic rings. The Morgan fingerprint density at radius 1 is 0.436 bits per heavy atom. The minimum atomic E-state index is -1.98. The Labute approximate surface area is 773 Å². The first-order valence-corrected chi connectivity index (χ1v) is 45.2. The highest BCUT2D eigenvalue weighted by molar-refractivity contribution is 7.80. The van der Waals surface area contributed by atoms with Gasteiger partial charge in [0.2, 0.25) is 100 Å². The van der Waals surface area contributed by atoms with Crippen LogP contribution in [-0.4, -0.2) is 317 Å². The number of fused-ring (bicyclic) bond motifs is 3. The number of H-pyrrole nitrogens is 3. The molecule has 0 radical (unpaired) electrons. The van der Waals surface area contributed by atoms with E-state index in [1.807, 2.05) is 24.3 Å². The van der Waals surface area contributed by atoms with Crippen molar-refractivity contribution in [2.45, 2.75) is 214 Å². The maximum absolute atomic E-state index is 14.8. The molecule has 3 aromatic carbocycles. The van der Waals surface area contributed by atoms with Crippen LogP contribution in [0.15, 0.2) is 91.4 Å². The number of benzene rings is 3. The van der Waals surface area contributed by atoms with Crippen LogP contribution in [0, 0.1) is 5.92 Å². The molecule has 133 heavy (non-hydrogen) atoms. The molecule has 718 valence electrons. The quantitative estimate of drug-likeness (QED) is 0.0159. The minimum Gasteiger partial charge on any atom is -0.481 e. The van der Waals surface area contributed by atoms with E-state index in [0.717, 1.165) is 44.5 Å². The number of amides is 17. The lowest BCUT2D eigenvalue weighted by Crippen LogP contribution is -2.62. The average molecular weight is 1890 g/mol. The predicted molar refractivity (Wildman–Crippen MR) is 484 cm³/mol. The zero-order chi connectivity index (χ0) is 96.6. The molecule has 23 N–H and O–H groups in total. The maximum Gasteiger partial charge on any atom is 0.327 e. The molecule has 0 spiro atoms. The van der Waals surface area contributed by atoms with Crippen LogP contribution in [0.3, 0.4) is 0 Å². The minimum absolute atomic E-state index is 0.0114. The molecule has 0 aliphatic carbocycles. The first kappa shape index (κ1) is 102. The van der Waals surface area contributed by atoms with Gasteiger partial charge in [-0.05, 0) is 113 Å². The highest BCUT2D eigenvalue weighted by Crippen LogP contribution is 2.28. The van der Waals surface area contributed by atoms with E-state index in [4.69, 9.17) is 5.73 Å². The van der Waals surface area contributed by atoms with Gasteiger partial charge in [-0.3, -0.25) is 86.3 Å². The summed E-state index contributed by atoms with van der Waals surface area (Å²) in [5.41, 5.74) is 9.48. The summed E-state index contributed by atoms with van der Waals surface area (Å²) >= 11 is 8.26. The standard InChI is InChI=1S/C87H115N21O23S2/c1-5-43(2)71(104-79(122)60(34-70(114)115)100-80(123)61(40-109)102-83(126)65-24-14-27-106(65)84(127)62(41-132)97-69(113)38-93-74(117)56(98-75(118)55-22-12-26-89-55)30-46-35-90-52-19-9-6-16-49(46)52)85(128)107-28-13-23-64(107)81(124)94-39-68(112)96-57(31-47-36-91-53-20-10-7-17-50(47)53)77(120)99-59(33-67(88)111)78(121)105-72(45(4)110)86(129)108-29-15-25-66(108)82(125)101-58(32-48-37-92-54-21-11-8-18-51(48)54)76(119)95-44(3)73(116)103-63(42-133)87(130)131/h6-11,16-21,35-37,43-45,55-66,71-72,89-92,109-110,132-133H,5,12-15,22-34,38-42H2,1-4H3,(H2,88,111)(H,93,117)(H,94,124)(H,95,119)(H,96,112)(H,97,113)(H,98,118)(H,99,120)(H,100,123)(H,101,125)(H,102,126)(H,103,116)(H,104,122)(H,105,121)(H,114,115)(H,130,131)/t43-,44-,45+,55-,56-,57-,58-,59-,60-,61-,62-,63-,64-,65-,66-,71-,72-/m0/s1. The summed E-state index contributed by atoms with van der Waals surface area (Å²) in [5.74, 6) is -20.3. The number of thiol groups is 2. The number of rotatable bonds is 46. The lowest BCUT2D eigenvalue weighted by Gasteiger charge is -2.32. The molecule has 4 fully saturated rings. The second-order valence-electron chi connectivity index (χ2n) is 33.4. The number of primary amides is 1. The number of para-hydroxylation sites is 3. The monoisotopic (exact) mass is 1890 g/mol. The van der Waals surface area contributed by atoms with Crippen LogP contribution in [0.25, 0.3) is 32.7 Å². The van der Waals surface area contributed by atoms with E-state index in [1.165, 1.54) is 6.92 Å². The van der Waals surface area contributed by atoms with Gasteiger partial charge in [-0.1, -0.05) is 74.9 Å². The fraction of sp³-hybridized carbons (Fsp3) is 0.506. The van der Waals surface area contributed by atoms with E-state index in [-0.39, 0.29) is 95.3 Å². The molecular formula is C87H115N21O23S2. The van der Waals surface area contributed by atoms with Gasteiger partial charge in [-0.2, -0.15) is 25.3 Å². The number of likely N-dealkylation sites (tertiary alicyclic amines) is 3. The van der Waals surface area contributed by atoms with Gasteiger partial charge in [0.1, 0.15) is 84.6 Å². The number of aromatic nitrogens is 3. The van der Waals surface area contributed by atoms with Crippen LogP contribution < -0.4 is 80.2 Å². The molecule has 0 unspecified atom stereocenters. The van der Waals surface area contributed by atoms with Crippen molar-refractivity contribution in [2.24, 2.45) is 11.7 Å². The number of nitrogens with one attached hydrogen (secondary N) is 17. The van der Waals surface area contributed by atoms with Crippen molar-refractivity contribution in [1.82, 2.24) is 104 Å². The Bertz CT molecular complexity index is 5310. The van der Waals surface area contributed by atoms with E-state index in [0.29, 0.717) is 45.9 Å². The number of aliphatic hydroxyl groups excluding tert-OH is 2. The van der Waals surface area contributed by atoms with Crippen LogP contribution in [0.1, 0.15) is 115 Å². The normalized spacial score (nSPS) is 18.8. The largest absolute Gasteiger partial charge is 0.481 e. The van der Waals surface area contributed by atoms with Crippen molar-refractivity contribution >= 4 is 170 Å². The zero-order valence-corrected chi connectivity index (χ0v) is 75.4. The van der Waals surface area contributed by atoms with Crippen molar-refractivity contribution in [3.63, 3.8) is 0 Å². The topological polar surface area (TPSA) is 657 Å². The van der Waals surface area contributed by atoms with Crippen molar-refractivity contribution in [1.29, 1.82) is 0 Å². The third-order valence-corrected chi connectivity index (χ3v) is 24.7. The summed E-state index contributed by atoms with van der Waals surface area (Å²) in [5, 5.41) is 78.8. The molecule has 17 amide bonds. The van der Waals surface area contributed by atoms with Gasteiger partial charge in [0.05, 0.1) is 44.7 Å². The number of nitrogens with two attached hydrogens (primary N) is 1. The van der Waals surface area contributed by atoms with Crippen LogP contribution in [-0.2, 0) is 110 Å². The van der Waals surface area contributed by atoms with E-state index in [1.54, 1.807) is 81.0 Å². The molecule has 0 saturated carbocycles. The molecule has 46 heteroatoms. The Morgan fingerprint density at radius 2 is 0.842 bits per heavy atom. The Hall–Kier alpha value is -13.2. The highest BCUT2D eigenvalue weighted by Gasteiger charge is 2.46. The van der Waals surface area contributed by atoms with Crippen molar-refractivity contribution in [2.75, 3.05) is 57.4 Å². The maximum atomic E-state index is 14.8. The van der Waals surface area contributed by atoms with E-state index < -0.39 is 248 Å². The second-order valence-corrected chi connectivity index (χ2v) is 34.2. The summed E-state index contributed by atoms with van der Waals surface area (Å²) in [6, 6.07) is -0.653. The molecule has 0 bridgehead atoms. The van der Waals surface area contributed by atoms with Gasteiger partial charge < -0.3 is 130 Å². The summed E-state index contributed by atoms with van der Waals surface area (Å²) in [7, 11) is 0. The summed E-state index contributed by atoms with van der Waals surface area (Å²) in [6.45, 7) is 3.47. The molecule has 10 rings (SSSR count). The number of hydrogen-bond acceptors (Lipinski definition) is 24. The number of aromatic amines is 3. The van der Waals surface area contributed by atoms with Crippen LogP contribution in [0.4, 0.5) is 0 Å². The lowest BCUT2D eigenvalue weighted by molar-refractivity contribution is -0.145. The number of carboxylic acid groups (broad SMARTS) is 2. The van der Waals surface area contributed by atoms with Gasteiger partial charge in [0, 0.05) is 102 Å². The Balaban J connectivity index is 0.745. The third-order valence-electron chi connectivity index (χ3n) is 24.0. The van der Waals surface area contributed by atoms with Crippen molar-refractivity contribution in [3.05, 3.63) is 108 Å². The van der Waals surface area contributed by atoms with Gasteiger partial charge >= 0.3 is 11.9 Å². The molecule has 4 aliphatic rings. The van der Waals surface area contributed by atoms with Crippen molar-refractivity contribution in [3.8, 4) is 0 Å². The fourth-order valence-electron chi connectivity index (χ4n) is 16.6. The molecule has 17 atom stereocenters. The van der Waals surface area contributed by atoms with E-state index >= 15 is 0 Å². The summed E-state index contributed by atoms with van der Waals surface area (Å²) < 4.78 is 0. The average Bonchev–Trinajstić information content (AvgIpc) is 1.69. The zero-order valence-electron chi connectivity index (χ0n) is 73.6. The number of aliphatic hydroxyl groups is 2. The first-order valence-electron chi connectivity index (χ1n) is 43.9. The van der Waals surface area contributed by atoms with Crippen molar-refractivity contribution < 1.29 is 112 Å². The SMILES string of the molecule is CC[C@H](C)[C@H](NC(=O)[C@H](CC(=O)O)NC(=O)[C@H](CO)NC(=O)[C@@H]1CCCN1C(=O)[C@H](CS)NC(=O)CNC(=O)[C@H](Cc1c[nH]c2ccccc12)NC(=O)[C@@H]1CCCN1)C(=O)N1CCC[C@H]1C(=O)NCC(=O)N[C@@H](Cc1c[nH]c2ccccc12)C(=O)N[C@@H](CC(N)=O)C(=O)N[C@H](C(=O)N1CCC[C@H]1C(=O)N[C@@H](Cc1c[nH]c2ccccc12)C(=O)N[C@@H](C)C(=O)N[C@@H](CS)C(=O)O)[C@@H](C)O. The molecule has 44 nitrogen and oxygen atoms in total. The number of carbonyl (C=O) groups excluding carboxylic acids is 17. The number of nitrogens with zero attached hydrogens (tertiary/aromatic N) is 3. The molecule has 4 aliphatic heterocycles. The highest BCUT2D eigenvalue weighted by atomic mass is 32.1. The Kier molecular flexibility index (Phi) is 36.6. The summed E-state index contributed by atoms with van der Waals surface area (Å²) in [4.78, 5) is 276. The lowest BCUT2D eigenvalue weighted by atomic mass is 9.96. The predicted octanol–water partition coefficient (Wildman–Crippen LogP) is -4.82. The number of carbonyl (C=O) groups is 19. The smallest absolute Gasteiger partial charge is 0.327 e. The molecule has 4 saturated heterocycles. The van der Waals surface area contributed by atoms with Gasteiger partial charge in [-0.25, -0.2) is 4.79 Å². The Morgan fingerprint density at radius 3 is 1.30 bits per heavy atom. The fourth-order valence-corrected chi connectivity index (χ4v) is 17.1. The number of aliphatic carboxylic acids is 2.